The summed E-state index contributed by atoms with van der Waals surface area (Å²) in [5, 5.41) is 0. The summed E-state index contributed by atoms with van der Waals surface area (Å²) in [7, 11) is 1.63. The van der Waals surface area contributed by atoms with Crippen LogP contribution in [0.15, 0.2) is 48.5 Å². The van der Waals surface area contributed by atoms with Crippen molar-refractivity contribution < 1.29 is 23.8 Å². The third-order valence-electron chi connectivity index (χ3n) is 5.51. The van der Waals surface area contributed by atoms with Crippen LogP contribution in [0.2, 0.25) is 0 Å². The number of hydrogen-bond donors (Lipinski definition) is 0. The maximum Gasteiger partial charge on any atom is 0.267 e. The summed E-state index contributed by atoms with van der Waals surface area (Å²) >= 11 is 0. The Balaban J connectivity index is 1.24. The number of ether oxygens (including phenoxy) is 3. The van der Waals surface area contributed by atoms with Crippen LogP contribution in [-0.2, 0) is 16.0 Å². The molecule has 30 heavy (non-hydrogen) atoms. The van der Waals surface area contributed by atoms with Crippen molar-refractivity contribution in [3.05, 3.63) is 54.1 Å². The second-order valence-electron chi connectivity index (χ2n) is 7.42. The number of amides is 2. The molecule has 7 nitrogen and oxygen atoms in total. The number of fused-ring (bicyclic) bond motifs is 1. The minimum absolute atomic E-state index is 0.0881. The van der Waals surface area contributed by atoms with Gasteiger partial charge in [-0.2, -0.15) is 0 Å². The Morgan fingerprint density at radius 2 is 1.63 bits per heavy atom. The highest BCUT2D eigenvalue weighted by atomic mass is 16.6. The van der Waals surface area contributed by atoms with Gasteiger partial charge in [-0.25, -0.2) is 0 Å². The summed E-state index contributed by atoms with van der Waals surface area (Å²) in [6.45, 7) is 2.30. The first kappa shape index (κ1) is 20.1. The molecule has 7 heteroatoms. The van der Waals surface area contributed by atoms with E-state index in [9.17, 15) is 9.59 Å². The van der Waals surface area contributed by atoms with Crippen molar-refractivity contribution >= 4 is 11.8 Å². The summed E-state index contributed by atoms with van der Waals surface area (Å²) in [4.78, 5) is 29.0. The van der Waals surface area contributed by atoms with E-state index in [0.29, 0.717) is 50.5 Å². The fraction of sp³-hybridized carbons (Fsp3) is 0.391. The number of para-hydroxylation sites is 2. The molecule has 2 aromatic rings. The molecule has 2 aliphatic rings. The van der Waals surface area contributed by atoms with E-state index in [1.54, 1.807) is 18.1 Å². The number of benzene rings is 2. The fourth-order valence-corrected chi connectivity index (χ4v) is 3.72. The van der Waals surface area contributed by atoms with Crippen LogP contribution in [0.4, 0.5) is 0 Å². The molecule has 158 valence electrons. The van der Waals surface area contributed by atoms with E-state index < -0.39 is 6.10 Å². The molecule has 2 aliphatic heterocycles. The zero-order valence-electron chi connectivity index (χ0n) is 17.1. The summed E-state index contributed by atoms with van der Waals surface area (Å²) in [5.41, 5.74) is 1.10. The van der Waals surface area contributed by atoms with Gasteiger partial charge in [-0.3, -0.25) is 9.59 Å². The van der Waals surface area contributed by atoms with Gasteiger partial charge >= 0.3 is 0 Å². The summed E-state index contributed by atoms with van der Waals surface area (Å²) < 4.78 is 16.6. The predicted molar refractivity (Wildman–Crippen MR) is 111 cm³/mol. The molecule has 0 radical (unpaired) electrons. The summed E-state index contributed by atoms with van der Waals surface area (Å²) in [6.07, 6.45) is 0.503. The molecule has 0 saturated carbocycles. The predicted octanol–water partition coefficient (Wildman–Crippen LogP) is 2.14. The number of carbonyl (C=O) groups excluding carboxylic acids is 2. The lowest BCUT2D eigenvalue weighted by Crippen LogP contribution is -2.55. The van der Waals surface area contributed by atoms with Crippen molar-refractivity contribution in [3.63, 3.8) is 0 Å². The monoisotopic (exact) mass is 410 g/mol. The highest BCUT2D eigenvalue weighted by Crippen LogP contribution is 2.31. The number of methoxy groups -OCH3 is 1. The van der Waals surface area contributed by atoms with Crippen molar-refractivity contribution in [1.29, 1.82) is 0 Å². The van der Waals surface area contributed by atoms with Crippen molar-refractivity contribution in [2.45, 2.75) is 18.9 Å². The quantitative estimate of drug-likeness (QED) is 0.756. The van der Waals surface area contributed by atoms with Gasteiger partial charge in [0.1, 0.15) is 12.4 Å². The van der Waals surface area contributed by atoms with Crippen molar-refractivity contribution in [1.82, 2.24) is 9.80 Å². The van der Waals surface area contributed by atoms with E-state index in [1.165, 1.54) is 0 Å². The van der Waals surface area contributed by atoms with Crippen LogP contribution in [0.1, 0.15) is 12.0 Å². The van der Waals surface area contributed by atoms with Crippen LogP contribution in [0.25, 0.3) is 0 Å². The van der Waals surface area contributed by atoms with Crippen LogP contribution >= 0.6 is 0 Å². The molecule has 0 aliphatic carbocycles. The minimum atomic E-state index is -0.641. The van der Waals surface area contributed by atoms with E-state index in [4.69, 9.17) is 14.2 Å². The smallest absolute Gasteiger partial charge is 0.267 e. The minimum Gasteiger partial charge on any atom is -0.497 e. The van der Waals surface area contributed by atoms with Crippen molar-refractivity contribution in [2.75, 3.05) is 39.9 Å². The van der Waals surface area contributed by atoms with Gasteiger partial charge in [0.2, 0.25) is 12.0 Å². The Morgan fingerprint density at radius 3 is 2.33 bits per heavy atom. The zero-order chi connectivity index (χ0) is 20.9. The molecule has 2 heterocycles. The molecule has 0 spiro atoms. The van der Waals surface area contributed by atoms with Gasteiger partial charge in [-0.05, 0) is 36.2 Å². The molecule has 4 rings (SSSR count). The van der Waals surface area contributed by atoms with Crippen LogP contribution in [0, 0.1) is 0 Å². The summed E-state index contributed by atoms with van der Waals surface area (Å²) in [6, 6.07) is 15.1. The molecule has 2 aromatic carbocycles. The van der Waals surface area contributed by atoms with Gasteiger partial charge in [-0.15, -0.1) is 0 Å². The standard InChI is InChI=1S/C23H26N2O5/c1-28-18-9-6-17(7-10-18)8-11-22(26)24-12-14-25(15-13-24)23(27)21-16-29-19-4-2-3-5-20(19)30-21/h2-7,9-10,21H,8,11-16H2,1H3/t21-/m1/s1. The van der Waals surface area contributed by atoms with E-state index in [0.717, 1.165) is 11.3 Å². The lowest BCUT2D eigenvalue weighted by atomic mass is 10.1. The molecule has 0 N–H and O–H groups in total. The van der Waals surface area contributed by atoms with E-state index >= 15 is 0 Å². The maximum atomic E-state index is 12.8. The van der Waals surface area contributed by atoms with Gasteiger partial charge in [0.25, 0.3) is 5.91 Å². The second-order valence-corrected chi connectivity index (χ2v) is 7.42. The Labute approximate surface area is 176 Å². The number of hydrogen-bond acceptors (Lipinski definition) is 5. The zero-order valence-corrected chi connectivity index (χ0v) is 17.1. The first-order chi connectivity index (χ1) is 14.6. The molecule has 0 unspecified atom stereocenters. The number of aryl methyl sites for hydroxylation is 1. The van der Waals surface area contributed by atoms with E-state index in [2.05, 4.69) is 0 Å². The lowest BCUT2D eigenvalue weighted by molar-refractivity contribution is -0.146. The Kier molecular flexibility index (Phi) is 6.07. The van der Waals surface area contributed by atoms with Gasteiger partial charge in [0.15, 0.2) is 11.5 Å². The van der Waals surface area contributed by atoms with Gasteiger partial charge < -0.3 is 24.0 Å². The number of rotatable bonds is 5. The topological polar surface area (TPSA) is 68.3 Å². The third-order valence-corrected chi connectivity index (χ3v) is 5.51. The number of piperazine rings is 1. The number of carbonyl (C=O) groups is 2. The van der Waals surface area contributed by atoms with E-state index in [1.807, 2.05) is 47.4 Å². The first-order valence-corrected chi connectivity index (χ1v) is 10.2. The average Bonchev–Trinajstić information content (AvgIpc) is 2.82. The van der Waals surface area contributed by atoms with Crippen LogP contribution in [0.3, 0.4) is 0 Å². The number of nitrogens with zero attached hydrogens (tertiary/aromatic N) is 2. The highest BCUT2D eigenvalue weighted by molar-refractivity contribution is 5.82. The van der Waals surface area contributed by atoms with Gasteiger partial charge in [-0.1, -0.05) is 24.3 Å². The molecule has 1 fully saturated rings. The Hall–Kier alpha value is -3.22. The molecule has 1 saturated heterocycles. The normalized spacial score (nSPS) is 18.1. The Morgan fingerprint density at radius 1 is 0.967 bits per heavy atom. The molecular weight excluding hydrogens is 384 g/mol. The van der Waals surface area contributed by atoms with Crippen molar-refractivity contribution in [2.24, 2.45) is 0 Å². The van der Waals surface area contributed by atoms with E-state index in [-0.39, 0.29) is 18.4 Å². The largest absolute Gasteiger partial charge is 0.497 e. The van der Waals surface area contributed by atoms with Crippen LogP contribution in [0.5, 0.6) is 17.2 Å². The van der Waals surface area contributed by atoms with Gasteiger partial charge in [0.05, 0.1) is 7.11 Å². The van der Waals surface area contributed by atoms with Gasteiger partial charge in [0, 0.05) is 32.6 Å². The van der Waals surface area contributed by atoms with Crippen LogP contribution < -0.4 is 14.2 Å². The second kappa shape index (κ2) is 9.07. The SMILES string of the molecule is COc1ccc(CCC(=O)N2CCN(C(=O)[C@H]3COc4ccccc4O3)CC2)cc1. The summed E-state index contributed by atoms with van der Waals surface area (Å²) in [5.74, 6) is 2.09. The molecule has 0 bridgehead atoms. The maximum absolute atomic E-state index is 12.8. The third kappa shape index (κ3) is 4.50. The molecule has 2 amide bonds. The lowest BCUT2D eigenvalue weighted by Gasteiger charge is -2.37. The molecule has 0 aromatic heterocycles. The Bertz CT molecular complexity index is 891. The highest BCUT2D eigenvalue weighted by Gasteiger charge is 2.33. The molecular formula is C23H26N2O5. The first-order valence-electron chi connectivity index (χ1n) is 10.2. The average molecular weight is 410 g/mol. The van der Waals surface area contributed by atoms with Crippen LogP contribution in [-0.4, -0.2) is 67.6 Å². The fourth-order valence-electron chi connectivity index (χ4n) is 3.72. The molecule has 1 atom stereocenters. The van der Waals surface area contributed by atoms with Crippen molar-refractivity contribution in [3.8, 4) is 17.2 Å².